The van der Waals surface area contributed by atoms with E-state index >= 15 is 0 Å². The predicted molar refractivity (Wildman–Crippen MR) is 76.9 cm³/mol. The van der Waals surface area contributed by atoms with Crippen molar-refractivity contribution in [3.63, 3.8) is 0 Å². The van der Waals surface area contributed by atoms with Crippen LogP contribution in [-0.4, -0.2) is 31.6 Å². The zero-order valence-corrected chi connectivity index (χ0v) is 11.9. The van der Waals surface area contributed by atoms with Gasteiger partial charge in [-0.3, -0.25) is 0 Å². The topological polar surface area (TPSA) is 38.5 Å². The molecule has 18 heavy (non-hydrogen) atoms. The van der Waals surface area contributed by atoms with Crippen molar-refractivity contribution >= 4 is 0 Å². The Balaban J connectivity index is 2.50. The van der Waals surface area contributed by atoms with Crippen molar-refractivity contribution in [3.05, 3.63) is 29.8 Å². The predicted octanol–water partition coefficient (Wildman–Crippen LogP) is 2.82. The van der Waals surface area contributed by atoms with Crippen LogP contribution in [0.15, 0.2) is 24.3 Å². The number of rotatable bonds is 8. The molecule has 1 aromatic rings. The first-order valence-corrected chi connectivity index (χ1v) is 6.84. The highest BCUT2D eigenvalue weighted by molar-refractivity contribution is 5.29. The van der Waals surface area contributed by atoms with Crippen LogP contribution in [-0.2, 0) is 0 Å². The van der Waals surface area contributed by atoms with Crippen LogP contribution < -0.4 is 10.5 Å². The molecule has 0 radical (unpaired) electrons. The molecule has 0 aliphatic rings. The lowest BCUT2D eigenvalue weighted by Gasteiger charge is -2.21. The monoisotopic (exact) mass is 250 g/mol. The van der Waals surface area contributed by atoms with Crippen LogP contribution in [0.2, 0.25) is 0 Å². The summed E-state index contributed by atoms with van der Waals surface area (Å²) in [6.07, 6.45) is 2.19. The van der Waals surface area contributed by atoms with Crippen molar-refractivity contribution in [1.29, 1.82) is 0 Å². The molecule has 0 bridgehead atoms. The van der Waals surface area contributed by atoms with Gasteiger partial charge in [-0.1, -0.05) is 26.0 Å². The molecule has 1 unspecified atom stereocenters. The summed E-state index contributed by atoms with van der Waals surface area (Å²) >= 11 is 0. The van der Waals surface area contributed by atoms with E-state index in [1.165, 1.54) is 5.56 Å². The molecule has 0 aromatic heterocycles. The molecule has 2 N–H and O–H groups in total. The van der Waals surface area contributed by atoms with Gasteiger partial charge in [-0.05, 0) is 44.1 Å². The molecule has 0 heterocycles. The SMILES string of the molecule is CCCOc1ccc(C(N)CN(C)CCC)cc1. The van der Waals surface area contributed by atoms with Crippen molar-refractivity contribution in [2.24, 2.45) is 5.73 Å². The highest BCUT2D eigenvalue weighted by Gasteiger charge is 2.08. The molecule has 0 fully saturated rings. The Kier molecular flexibility index (Phi) is 6.76. The zero-order chi connectivity index (χ0) is 13.4. The molecule has 1 atom stereocenters. The van der Waals surface area contributed by atoms with Crippen molar-refractivity contribution in [2.45, 2.75) is 32.7 Å². The van der Waals surface area contributed by atoms with Gasteiger partial charge in [0.1, 0.15) is 5.75 Å². The molecule has 0 amide bonds. The molecule has 1 rings (SSSR count). The molecule has 0 saturated heterocycles. The Hall–Kier alpha value is -1.06. The van der Waals surface area contributed by atoms with E-state index in [2.05, 4.69) is 37.9 Å². The first-order valence-electron chi connectivity index (χ1n) is 6.84. The van der Waals surface area contributed by atoms with Crippen molar-refractivity contribution in [3.8, 4) is 5.75 Å². The van der Waals surface area contributed by atoms with Crippen molar-refractivity contribution in [1.82, 2.24) is 4.90 Å². The van der Waals surface area contributed by atoms with Crippen LogP contribution >= 0.6 is 0 Å². The molecule has 0 saturated carbocycles. The third kappa shape index (κ3) is 5.07. The Bertz CT molecular complexity index is 324. The molecule has 0 spiro atoms. The quantitative estimate of drug-likeness (QED) is 0.771. The number of nitrogens with two attached hydrogens (primary N) is 1. The highest BCUT2D eigenvalue weighted by atomic mass is 16.5. The average Bonchev–Trinajstić information content (AvgIpc) is 2.37. The maximum atomic E-state index is 6.19. The lowest BCUT2D eigenvalue weighted by molar-refractivity contribution is 0.311. The normalized spacial score (nSPS) is 12.7. The van der Waals surface area contributed by atoms with Gasteiger partial charge in [-0.15, -0.1) is 0 Å². The summed E-state index contributed by atoms with van der Waals surface area (Å²) in [7, 11) is 2.11. The van der Waals surface area contributed by atoms with Crippen LogP contribution in [0.25, 0.3) is 0 Å². The fourth-order valence-electron chi connectivity index (χ4n) is 1.95. The molecular weight excluding hydrogens is 224 g/mol. The van der Waals surface area contributed by atoms with Gasteiger partial charge in [-0.2, -0.15) is 0 Å². The van der Waals surface area contributed by atoms with Crippen LogP contribution in [0.1, 0.15) is 38.3 Å². The molecule has 1 aromatic carbocycles. The lowest BCUT2D eigenvalue weighted by atomic mass is 10.1. The van der Waals surface area contributed by atoms with Gasteiger partial charge in [0.15, 0.2) is 0 Å². The van der Waals surface area contributed by atoms with E-state index in [0.29, 0.717) is 0 Å². The second kappa shape index (κ2) is 8.11. The summed E-state index contributed by atoms with van der Waals surface area (Å²) in [5.41, 5.74) is 7.36. The van der Waals surface area contributed by atoms with Gasteiger partial charge >= 0.3 is 0 Å². The van der Waals surface area contributed by atoms with Crippen LogP contribution in [0, 0.1) is 0 Å². The number of benzene rings is 1. The summed E-state index contributed by atoms with van der Waals surface area (Å²) in [5.74, 6) is 0.926. The lowest BCUT2D eigenvalue weighted by Crippen LogP contribution is -2.29. The minimum atomic E-state index is 0.0711. The first-order chi connectivity index (χ1) is 8.67. The Morgan fingerprint density at radius 3 is 2.39 bits per heavy atom. The van der Waals surface area contributed by atoms with Crippen LogP contribution in [0.3, 0.4) is 0 Å². The smallest absolute Gasteiger partial charge is 0.119 e. The zero-order valence-electron chi connectivity index (χ0n) is 11.9. The number of likely N-dealkylation sites (N-methyl/N-ethyl adjacent to an activating group) is 1. The molecule has 0 aliphatic heterocycles. The summed E-state index contributed by atoms with van der Waals surface area (Å²) in [4.78, 5) is 2.27. The van der Waals surface area contributed by atoms with E-state index in [4.69, 9.17) is 10.5 Å². The third-order valence-electron chi connectivity index (χ3n) is 2.89. The number of ether oxygens (including phenoxy) is 1. The Morgan fingerprint density at radius 1 is 1.17 bits per heavy atom. The van der Waals surface area contributed by atoms with Gasteiger partial charge in [-0.25, -0.2) is 0 Å². The van der Waals surface area contributed by atoms with Gasteiger partial charge in [0.25, 0.3) is 0 Å². The molecule has 3 heteroatoms. The summed E-state index contributed by atoms with van der Waals surface area (Å²) in [6, 6.07) is 8.21. The van der Waals surface area contributed by atoms with Crippen molar-refractivity contribution in [2.75, 3.05) is 26.7 Å². The van der Waals surface area contributed by atoms with Gasteiger partial charge in [0.05, 0.1) is 6.61 Å². The van der Waals surface area contributed by atoms with Crippen molar-refractivity contribution < 1.29 is 4.74 Å². The first kappa shape index (κ1) is 15.0. The summed E-state index contributed by atoms with van der Waals surface area (Å²) in [5, 5.41) is 0. The number of hydrogen-bond donors (Lipinski definition) is 1. The van der Waals surface area contributed by atoms with E-state index in [1.54, 1.807) is 0 Å². The van der Waals surface area contributed by atoms with E-state index in [1.807, 2.05) is 12.1 Å². The fraction of sp³-hybridized carbons (Fsp3) is 0.600. The molecular formula is C15H26N2O. The van der Waals surface area contributed by atoms with Gasteiger partial charge in [0.2, 0.25) is 0 Å². The largest absolute Gasteiger partial charge is 0.494 e. The summed E-state index contributed by atoms with van der Waals surface area (Å²) in [6.45, 7) is 7.04. The highest BCUT2D eigenvalue weighted by Crippen LogP contribution is 2.17. The van der Waals surface area contributed by atoms with E-state index < -0.39 is 0 Å². The standard InChI is InChI=1S/C15H26N2O/c1-4-10-17(3)12-15(16)13-6-8-14(9-7-13)18-11-5-2/h6-9,15H,4-5,10-12,16H2,1-3H3. The fourth-order valence-corrected chi connectivity index (χ4v) is 1.95. The van der Waals surface area contributed by atoms with Gasteiger partial charge in [0, 0.05) is 12.6 Å². The third-order valence-corrected chi connectivity index (χ3v) is 2.89. The minimum absolute atomic E-state index is 0.0711. The number of nitrogens with zero attached hydrogens (tertiary/aromatic N) is 1. The van der Waals surface area contributed by atoms with Crippen LogP contribution in [0.5, 0.6) is 5.75 Å². The van der Waals surface area contributed by atoms with Gasteiger partial charge < -0.3 is 15.4 Å². The number of hydrogen-bond acceptors (Lipinski definition) is 3. The Morgan fingerprint density at radius 2 is 1.83 bits per heavy atom. The molecule has 0 aliphatic carbocycles. The second-order valence-electron chi connectivity index (χ2n) is 4.79. The molecule has 102 valence electrons. The average molecular weight is 250 g/mol. The van der Waals surface area contributed by atoms with Crippen LogP contribution in [0.4, 0.5) is 0 Å². The maximum Gasteiger partial charge on any atom is 0.119 e. The van der Waals surface area contributed by atoms with E-state index in [0.717, 1.165) is 38.3 Å². The Labute approximate surface area is 111 Å². The molecule has 3 nitrogen and oxygen atoms in total. The maximum absolute atomic E-state index is 6.19. The van der Waals surface area contributed by atoms with E-state index in [9.17, 15) is 0 Å². The summed E-state index contributed by atoms with van der Waals surface area (Å²) < 4.78 is 5.56. The van der Waals surface area contributed by atoms with E-state index in [-0.39, 0.29) is 6.04 Å². The second-order valence-corrected chi connectivity index (χ2v) is 4.79. The minimum Gasteiger partial charge on any atom is -0.494 e.